The second-order valence-electron chi connectivity index (χ2n) is 17.5. The Bertz CT molecular complexity index is 1370. The third-order valence-corrected chi connectivity index (χ3v) is 14.0. The minimum Gasteiger partial charge on any atom is -0.462 e. The molecule has 0 saturated heterocycles. The molecule has 0 radical (unpaired) electrons. The first-order chi connectivity index (χ1) is 24.0. The predicted octanol–water partition coefficient (Wildman–Crippen LogP) is 8.78. The zero-order valence-electron chi connectivity index (χ0n) is 32.0. The summed E-state index contributed by atoms with van der Waals surface area (Å²) < 4.78 is 21.9. The monoisotopic (exact) mass is 691 g/mol. The minimum absolute atomic E-state index is 0.0622. The van der Waals surface area contributed by atoms with E-state index in [0.29, 0.717) is 43.9 Å². The third-order valence-electron chi connectivity index (χ3n) is 14.0. The van der Waals surface area contributed by atoms with Gasteiger partial charge in [-0.05, 0) is 115 Å². The summed E-state index contributed by atoms with van der Waals surface area (Å²) in [6.07, 6.45) is 16.4. The van der Waals surface area contributed by atoms with Crippen LogP contribution in [-0.2, 0) is 36.8 Å². The first-order valence-electron chi connectivity index (χ1n) is 20.0. The van der Waals surface area contributed by atoms with Crippen molar-refractivity contribution in [2.75, 3.05) is 40.1 Å². The number of carbonyl (C=O) groups is 2. The van der Waals surface area contributed by atoms with Crippen molar-refractivity contribution in [2.45, 2.75) is 124 Å². The molecule has 278 valence electrons. The van der Waals surface area contributed by atoms with Gasteiger partial charge in [0.1, 0.15) is 12.7 Å². The van der Waals surface area contributed by atoms with Crippen molar-refractivity contribution in [1.82, 2.24) is 4.90 Å². The Balaban J connectivity index is 1.00. The maximum Gasteiger partial charge on any atom is 0.338 e. The number of carbonyl (C=O) groups excluding carboxylic acids is 2. The van der Waals surface area contributed by atoms with Crippen LogP contribution < -0.4 is 0 Å². The van der Waals surface area contributed by atoms with Gasteiger partial charge in [0.15, 0.2) is 0 Å². The number of hydrogen-bond acceptors (Lipinski definition) is 7. The van der Waals surface area contributed by atoms with Crippen LogP contribution in [0.15, 0.2) is 29.8 Å². The van der Waals surface area contributed by atoms with Gasteiger partial charge in [0, 0.05) is 26.6 Å². The van der Waals surface area contributed by atoms with Crippen LogP contribution in [0.3, 0.4) is 0 Å². The number of methoxy groups -OCH3 is 1. The molecule has 3 fully saturated rings. The van der Waals surface area contributed by atoms with E-state index in [4.69, 9.17) is 18.9 Å². The van der Waals surface area contributed by atoms with Gasteiger partial charge in [-0.3, -0.25) is 9.69 Å². The standard InChI is InChI=1S/C43H65NO6/c1-29(2)8-7-9-30(3)37-14-15-38-36-13-12-34-25-35(16-18-42(34,4)39(36)17-19-43(37,38)5)50-41(46)31-10-11-32-26-44(27-33(32)24-31)28-40(45)49-23-22-48-21-20-47-6/h10-12,24,29-30,35-39H,7-9,13-23,25-28H2,1-6H3/t30-,35+,36+,37-,38+,39+,42+,43-/m1/s1. The van der Waals surface area contributed by atoms with Crippen LogP contribution >= 0.6 is 0 Å². The molecule has 0 bridgehead atoms. The maximum absolute atomic E-state index is 13.4. The molecule has 0 N–H and O–H groups in total. The number of rotatable bonds is 15. The van der Waals surface area contributed by atoms with Crippen LogP contribution in [0, 0.1) is 46.3 Å². The molecule has 3 saturated carbocycles. The zero-order chi connectivity index (χ0) is 35.5. The molecule has 1 aromatic carbocycles. The number of esters is 2. The van der Waals surface area contributed by atoms with Crippen molar-refractivity contribution in [1.29, 1.82) is 0 Å². The number of fused-ring (bicyclic) bond motifs is 6. The van der Waals surface area contributed by atoms with Gasteiger partial charge in [0.2, 0.25) is 0 Å². The molecule has 1 aliphatic heterocycles. The quantitative estimate of drug-likeness (QED) is 0.103. The van der Waals surface area contributed by atoms with Gasteiger partial charge in [-0.25, -0.2) is 4.79 Å². The molecule has 8 atom stereocenters. The van der Waals surface area contributed by atoms with Crippen LogP contribution in [-0.4, -0.2) is 63.0 Å². The fraction of sp³-hybridized carbons (Fsp3) is 0.767. The van der Waals surface area contributed by atoms with E-state index in [9.17, 15) is 9.59 Å². The lowest BCUT2D eigenvalue weighted by Crippen LogP contribution is -2.51. The second-order valence-corrected chi connectivity index (χ2v) is 17.5. The van der Waals surface area contributed by atoms with Gasteiger partial charge in [-0.2, -0.15) is 0 Å². The first kappa shape index (κ1) is 37.5. The number of benzene rings is 1. The minimum atomic E-state index is -0.266. The van der Waals surface area contributed by atoms with E-state index >= 15 is 0 Å². The van der Waals surface area contributed by atoms with E-state index in [0.717, 1.165) is 65.9 Å². The molecular weight excluding hydrogens is 626 g/mol. The highest BCUT2D eigenvalue weighted by molar-refractivity contribution is 5.90. The van der Waals surface area contributed by atoms with Gasteiger partial charge in [0.25, 0.3) is 0 Å². The molecule has 5 aliphatic rings. The number of nitrogens with zero attached hydrogens (tertiary/aromatic N) is 1. The highest BCUT2D eigenvalue weighted by Crippen LogP contribution is 2.67. The van der Waals surface area contributed by atoms with Crippen LogP contribution in [0.4, 0.5) is 0 Å². The van der Waals surface area contributed by atoms with Crippen molar-refractivity contribution >= 4 is 11.9 Å². The molecule has 0 amide bonds. The van der Waals surface area contributed by atoms with E-state index in [1.807, 2.05) is 23.1 Å². The Morgan fingerprint density at radius 2 is 1.72 bits per heavy atom. The second kappa shape index (κ2) is 16.2. The van der Waals surface area contributed by atoms with Crippen molar-refractivity contribution in [3.8, 4) is 0 Å². The Morgan fingerprint density at radius 3 is 2.52 bits per heavy atom. The van der Waals surface area contributed by atoms with Gasteiger partial charge in [-0.1, -0.05) is 71.6 Å². The molecule has 1 heterocycles. The van der Waals surface area contributed by atoms with Gasteiger partial charge in [0.05, 0.1) is 31.9 Å². The maximum atomic E-state index is 13.4. The molecule has 1 aromatic rings. The van der Waals surface area contributed by atoms with Crippen LogP contribution in [0.5, 0.6) is 0 Å². The van der Waals surface area contributed by atoms with Crippen molar-refractivity contribution in [2.24, 2.45) is 46.3 Å². The lowest BCUT2D eigenvalue weighted by Gasteiger charge is -2.58. The Hall–Kier alpha value is -2.22. The van der Waals surface area contributed by atoms with Crippen molar-refractivity contribution in [3.63, 3.8) is 0 Å². The topological polar surface area (TPSA) is 74.3 Å². The predicted molar refractivity (Wildman–Crippen MR) is 196 cm³/mol. The van der Waals surface area contributed by atoms with Crippen LogP contribution in [0.2, 0.25) is 0 Å². The molecule has 6 rings (SSSR count). The summed E-state index contributed by atoms with van der Waals surface area (Å²) in [6, 6.07) is 5.86. The summed E-state index contributed by atoms with van der Waals surface area (Å²) in [5, 5.41) is 0. The van der Waals surface area contributed by atoms with Crippen molar-refractivity contribution < 1.29 is 28.5 Å². The van der Waals surface area contributed by atoms with E-state index in [-0.39, 0.29) is 36.6 Å². The number of hydrogen-bond donors (Lipinski definition) is 0. The fourth-order valence-electron chi connectivity index (χ4n) is 11.4. The van der Waals surface area contributed by atoms with E-state index < -0.39 is 0 Å². The van der Waals surface area contributed by atoms with Crippen LogP contribution in [0.25, 0.3) is 0 Å². The Labute approximate surface area is 302 Å². The first-order valence-corrected chi connectivity index (χ1v) is 20.0. The molecular formula is C43H65NO6. The molecule has 0 unspecified atom stereocenters. The molecule has 50 heavy (non-hydrogen) atoms. The van der Waals surface area contributed by atoms with Crippen LogP contribution in [0.1, 0.15) is 127 Å². The Morgan fingerprint density at radius 1 is 0.920 bits per heavy atom. The third kappa shape index (κ3) is 8.05. The average Bonchev–Trinajstić information content (AvgIpc) is 3.65. The number of allylic oxidation sites excluding steroid dienone is 1. The van der Waals surface area contributed by atoms with Gasteiger partial charge in [-0.15, -0.1) is 0 Å². The highest BCUT2D eigenvalue weighted by atomic mass is 16.6. The summed E-state index contributed by atoms with van der Waals surface area (Å²) in [4.78, 5) is 27.9. The lowest BCUT2D eigenvalue weighted by molar-refractivity contribution is -0.146. The molecule has 0 spiro atoms. The van der Waals surface area contributed by atoms with E-state index in [2.05, 4.69) is 40.7 Å². The largest absolute Gasteiger partial charge is 0.462 e. The van der Waals surface area contributed by atoms with E-state index in [1.54, 1.807) is 12.7 Å². The number of ether oxygens (including phenoxy) is 4. The molecule has 7 nitrogen and oxygen atoms in total. The fourth-order valence-corrected chi connectivity index (χ4v) is 11.4. The average molecular weight is 692 g/mol. The summed E-state index contributed by atoms with van der Waals surface area (Å²) in [6.45, 7) is 15.6. The lowest BCUT2D eigenvalue weighted by atomic mass is 9.47. The zero-order valence-corrected chi connectivity index (χ0v) is 32.0. The normalized spacial score (nSPS) is 32.5. The summed E-state index contributed by atoms with van der Waals surface area (Å²) in [5.41, 5.74) is 5.13. The van der Waals surface area contributed by atoms with E-state index in [1.165, 1.54) is 51.4 Å². The smallest absolute Gasteiger partial charge is 0.338 e. The van der Waals surface area contributed by atoms with Gasteiger partial charge < -0.3 is 18.9 Å². The summed E-state index contributed by atoms with van der Waals surface area (Å²) in [7, 11) is 1.63. The molecule has 7 heteroatoms. The SMILES string of the molecule is COCCOCCOC(=O)CN1Cc2ccc(C(=O)O[C@H]3CC[C@@]4(C)C(=CC[C@H]5[C@@H]6CC[C@H]([C@H](C)CCCC(C)C)[C@@]6(C)CC[C@@H]54)C3)cc2C1. The molecule has 4 aliphatic carbocycles. The van der Waals surface area contributed by atoms with Crippen molar-refractivity contribution in [3.05, 3.63) is 46.5 Å². The van der Waals surface area contributed by atoms with Gasteiger partial charge >= 0.3 is 11.9 Å². The highest BCUT2D eigenvalue weighted by Gasteiger charge is 2.59. The summed E-state index contributed by atoms with van der Waals surface area (Å²) >= 11 is 0. The summed E-state index contributed by atoms with van der Waals surface area (Å²) in [5.74, 6) is 4.47. The Kier molecular flexibility index (Phi) is 12.2. The molecule has 0 aromatic heterocycles.